The number of cyclic esters (lactones) is 1. The molecule has 2 aliphatic heterocycles. The van der Waals surface area contributed by atoms with Crippen LogP contribution in [0, 0.1) is 12.7 Å². The number of aryl methyl sites for hydroxylation is 1. The Bertz CT molecular complexity index is 1550. The van der Waals surface area contributed by atoms with E-state index in [1.807, 2.05) is 18.5 Å². The van der Waals surface area contributed by atoms with Crippen molar-refractivity contribution >= 4 is 16.9 Å². The van der Waals surface area contributed by atoms with E-state index < -0.39 is 11.6 Å². The molecule has 1 aromatic carbocycles. The molecule has 8 heteroatoms. The molecule has 5 heterocycles. The SMILES string of the molecule is CC[C@@]1(O)C(=O)OCc2c1cc1n(c2=O)Cc2c-1nc1cc(F)c(C)cc1c2-c1cc[nH]c1. The van der Waals surface area contributed by atoms with Gasteiger partial charge in [-0.2, -0.15) is 0 Å². The first-order chi connectivity index (χ1) is 15.8. The van der Waals surface area contributed by atoms with Gasteiger partial charge in [0.05, 0.1) is 29.0 Å². The highest BCUT2D eigenvalue weighted by Crippen LogP contribution is 2.43. The number of hydrogen-bond acceptors (Lipinski definition) is 5. The van der Waals surface area contributed by atoms with Gasteiger partial charge in [0, 0.05) is 40.5 Å². The maximum absolute atomic E-state index is 14.5. The fourth-order valence-electron chi connectivity index (χ4n) is 5.02. The number of carbonyl (C=O) groups excluding carboxylic acids is 1. The maximum Gasteiger partial charge on any atom is 0.343 e. The number of aromatic amines is 1. The highest BCUT2D eigenvalue weighted by atomic mass is 19.1. The van der Waals surface area contributed by atoms with Crippen molar-refractivity contribution < 1.29 is 19.0 Å². The van der Waals surface area contributed by atoms with Crippen molar-refractivity contribution in [2.75, 3.05) is 0 Å². The molecule has 0 saturated carbocycles. The molecule has 0 unspecified atom stereocenters. The molecule has 0 fully saturated rings. The molecule has 0 saturated heterocycles. The van der Waals surface area contributed by atoms with E-state index in [4.69, 9.17) is 9.72 Å². The van der Waals surface area contributed by atoms with E-state index in [1.165, 1.54) is 6.07 Å². The molecular weight excluding hydrogens is 425 g/mol. The van der Waals surface area contributed by atoms with Gasteiger partial charge in [0.15, 0.2) is 5.60 Å². The third kappa shape index (κ3) is 2.55. The number of pyridine rings is 2. The maximum atomic E-state index is 14.5. The number of nitrogens with zero attached hydrogens (tertiary/aromatic N) is 2. The minimum Gasteiger partial charge on any atom is -0.458 e. The number of H-pyrrole nitrogens is 1. The van der Waals surface area contributed by atoms with Crippen LogP contribution < -0.4 is 5.56 Å². The summed E-state index contributed by atoms with van der Waals surface area (Å²) in [5.41, 5.74) is 2.92. The predicted molar refractivity (Wildman–Crippen MR) is 119 cm³/mol. The van der Waals surface area contributed by atoms with Gasteiger partial charge >= 0.3 is 5.97 Å². The number of halogens is 1. The lowest BCUT2D eigenvalue weighted by atomic mass is 9.86. The van der Waals surface area contributed by atoms with Crippen LogP contribution in [0.3, 0.4) is 0 Å². The number of benzene rings is 1. The van der Waals surface area contributed by atoms with E-state index in [9.17, 15) is 19.1 Å². The van der Waals surface area contributed by atoms with E-state index in [2.05, 4.69) is 4.98 Å². The van der Waals surface area contributed by atoms with Gasteiger partial charge in [0.25, 0.3) is 5.56 Å². The largest absolute Gasteiger partial charge is 0.458 e. The molecule has 33 heavy (non-hydrogen) atoms. The summed E-state index contributed by atoms with van der Waals surface area (Å²) in [5, 5.41) is 11.8. The third-order valence-electron chi connectivity index (χ3n) is 6.85. The second-order valence-corrected chi connectivity index (χ2v) is 8.64. The monoisotopic (exact) mass is 445 g/mol. The van der Waals surface area contributed by atoms with Crippen molar-refractivity contribution in [1.82, 2.24) is 14.5 Å². The zero-order chi connectivity index (χ0) is 23.1. The fourth-order valence-corrected chi connectivity index (χ4v) is 5.02. The van der Waals surface area contributed by atoms with Crippen molar-refractivity contribution in [3.05, 3.63) is 75.1 Å². The van der Waals surface area contributed by atoms with E-state index in [0.717, 1.165) is 22.1 Å². The summed E-state index contributed by atoms with van der Waals surface area (Å²) in [6, 6.07) is 6.77. The second kappa shape index (κ2) is 6.62. The molecule has 3 aromatic heterocycles. The molecule has 0 spiro atoms. The van der Waals surface area contributed by atoms with Crippen molar-refractivity contribution in [1.29, 1.82) is 0 Å². The van der Waals surface area contributed by atoms with Crippen LogP contribution in [0.2, 0.25) is 0 Å². The Kier molecular flexibility index (Phi) is 3.98. The quantitative estimate of drug-likeness (QED) is 0.405. The topological polar surface area (TPSA) is 97.2 Å². The molecule has 166 valence electrons. The number of nitrogens with one attached hydrogen (secondary N) is 1. The Morgan fingerprint density at radius 3 is 2.82 bits per heavy atom. The first-order valence-electron chi connectivity index (χ1n) is 10.8. The minimum absolute atomic E-state index is 0.0683. The third-order valence-corrected chi connectivity index (χ3v) is 6.85. The van der Waals surface area contributed by atoms with Crippen LogP contribution in [-0.2, 0) is 28.3 Å². The number of esters is 1. The van der Waals surface area contributed by atoms with Crippen molar-refractivity contribution in [3.8, 4) is 22.5 Å². The summed E-state index contributed by atoms with van der Waals surface area (Å²) >= 11 is 0. The first-order valence-corrected chi connectivity index (χ1v) is 10.8. The normalized spacial score (nSPS) is 18.7. The van der Waals surface area contributed by atoms with Crippen LogP contribution in [0.5, 0.6) is 0 Å². The molecule has 6 rings (SSSR count). The zero-order valence-electron chi connectivity index (χ0n) is 18.0. The lowest BCUT2D eigenvalue weighted by molar-refractivity contribution is -0.172. The van der Waals surface area contributed by atoms with Crippen molar-refractivity contribution in [2.45, 2.75) is 39.0 Å². The Hall–Kier alpha value is -3.78. The first kappa shape index (κ1) is 19.9. The number of rotatable bonds is 2. The van der Waals surface area contributed by atoms with Crippen LogP contribution in [-0.4, -0.2) is 25.6 Å². The predicted octanol–water partition coefficient (Wildman–Crippen LogP) is 3.52. The molecule has 0 amide bonds. The summed E-state index contributed by atoms with van der Waals surface area (Å²) in [6.07, 6.45) is 3.73. The van der Waals surface area contributed by atoms with E-state index in [0.29, 0.717) is 22.5 Å². The zero-order valence-corrected chi connectivity index (χ0v) is 18.0. The Morgan fingerprint density at radius 2 is 2.09 bits per heavy atom. The lowest BCUT2D eigenvalue weighted by Gasteiger charge is -2.31. The number of carbonyl (C=O) groups is 1. The highest BCUT2D eigenvalue weighted by molar-refractivity contribution is 6.00. The van der Waals surface area contributed by atoms with Crippen LogP contribution in [0.1, 0.15) is 35.6 Å². The van der Waals surface area contributed by atoms with Gasteiger partial charge in [-0.3, -0.25) is 4.79 Å². The highest BCUT2D eigenvalue weighted by Gasteiger charge is 2.45. The summed E-state index contributed by atoms with van der Waals surface area (Å²) in [7, 11) is 0. The number of ether oxygens (including phenoxy) is 1. The van der Waals surface area contributed by atoms with Gasteiger partial charge in [-0.15, -0.1) is 0 Å². The van der Waals surface area contributed by atoms with Gasteiger partial charge < -0.3 is 19.4 Å². The average Bonchev–Trinajstić information content (AvgIpc) is 3.45. The molecule has 4 aromatic rings. The minimum atomic E-state index is -1.89. The molecule has 0 bridgehead atoms. The number of aliphatic hydroxyl groups is 1. The van der Waals surface area contributed by atoms with E-state index in [1.54, 1.807) is 30.5 Å². The fraction of sp³-hybridized carbons (Fsp3) is 0.240. The van der Waals surface area contributed by atoms with Crippen LogP contribution in [0.4, 0.5) is 4.39 Å². The second-order valence-electron chi connectivity index (χ2n) is 8.64. The molecule has 7 nitrogen and oxygen atoms in total. The summed E-state index contributed by atoms with van der Waals surface area (Å²) in [5.74, 6) is -1.13. The summed E-state index contributed by atoms with van der Waals surface area (Å²) < 4.78 is 21.2. The van der Waals surface area contributed by atoms with Crippen LogP contribution in [0.25, 0.3) is 33.4 Å². The molecule has 1 atom stereocenters. The van der Waals surface area contributed by atoms with E-state index in [-0.39, 0.29) is 42.1 Å². The summed E-state index contributed by atoms with van der Waals surface area (Å²) in [6.45, 7) is 3.46. The Balaban J connectivity index is 1.71. The van der Waals surface area contributed by atoms with Crippen molar-refractivity contribution in [2.24, 2.45) is 0 Å². The van der Waals surface area contributed by atoms with Gasteiger partial charge in [0.1, 0.15) is 12.4 Å². The Labute approximate surface area is 187 Å². The average molecular weight is 445 g/mol. The molecule has 0 aliphatic carbocycles. The van der Waals surface area contributed by atoms with Gasteiger partial charge in [-0.05, 0) is 42.7 Å². The Morgan fingerprint density at radius 1 is 1.27 bits per heavy atom. The molecule has 2 N–H and O–H groups in total. The van der Waals surface area contributed by atoms with Crippen LogP contribution >= 0.6 is 0 Å². The number of fused-ring (bicyclic) bond motifs is 5. The number of hydrogen-bond donors (Lipinski definition) is 2. The number of aromatic nitrogens is 3. The van der Waals surface area contributed by atoms with Crippen LogP contribution in [0.15, 0.2) is 41.5 Å². The molecule has 2 aliphatic rings. The lowest BCUT2D eigenvalue weighted by Crippen LogP contribution is -2.44. The van der Waals surface area contributed by atoms with Gasteiger partial charge in [-0.25, -0.2) is 14.2 Å². The van der Waals surface area contributed by atoms with Gasteiger partial charge in [0.2, 0.25) is 0 Å². The van der Waals surface area contributed by atoms with Crippen molar-refractivity contribution in [3.63, 3.8) is 0 Å². The van der Waals surface area contributed by atoms with Gasteiger partial charge in [-0.1, -0.05) is 6.92 Å². The standard InChI is InChI=1S/C25H20FN3O4/c1-3-25(32)17-7-20-22-15(10-29(20)23(30)16(17)11-33-24(25)31)21(13-4-5-27-9-13)14-6-12(2)18(26)8-19(14)28-22/h4-9,27,32H,3,10-11H2,1-2H3/t25-/m0/s1. The smallest absolute Gasteiger partial charge is 0.343 e. The molecule has 0 radical (unpaired) electrons. The van der Waals surface area contributed by atoms with E-state index >= 15 is 0 Å². The summed E-state index contributed by atoms with van der Waals surface area (Å²) in [4.78, 5) is 33.6. The molecular formula is C25H20FN3O4.